The summed E-state index contributed by atoms with van der Waals surface area (Å²) in [6.07, 6.45) is 5.59. The zero-order chi connectivity index (χ0) is 12.7. The monoisotopic (exact) mass is 244 g/mol. The molecule has 4 heteroatoms. The van der Waals surface area contributed by atoms with Crippen molar-refractivity contribution < 1.29 is 19.7 Å². The van der Waals surface area contributed by atoms with Crippen LogP contribution in [0.2, 0.25) is 0 Å². The van der Waals surface area contributed by atoms with Crippen LogP contribution in [0.5, 0.6) is 0 Å². The van der Waals surface area contributed by atoms with E-state index < -0.39 is 12.0 Å². The van der Waals surface area contributed by atoms with Crippen LogP contribution in [-0.4, -0.2) is 35.5 Å². The summed E-state index contributed by atoms with van der Waals surface area (Å²) in [5, 5.41) is 19.1. The number of unbranched alkanes of at least 4 members (excludes halogenated alkanes) is 4. The van der Waals surface area contributed by atoms with E-state index in [1.807, 2.05) is 0 Å². The third-order valence-corrected chi connectivity index (χ3v) is 3.47. The number of cyclic esters (lactones) is 1. The molecule has 100 valence electrons. The number of carbonyl (C=O) groups excluding carboxylic acids is 1. The Kier molecular flexibility index (Phi) is 6.52. The lowest BCUT2D eigenvalue weighted by atomic mass is 9.88. The Labute approximate surface area is 103 Å². The molecule has 0 amide bonds. The van der Waals surface area contributed by atoms with Crippen molar-refractivity contribution in [2.24, 2.45) is 11.8 Å². The van der Waals surface area contributed by atoms with E-state index in [0.717, 1.165) is 12.8 Å². The Morgan fingerprint density at radius 3 is 2.71 bits per heavy atom. The van der Waals surface area contributed by atoms with Gasteiger partial charge in [0, 0.05) is 5.92 Å². The van der Waals surface area contributed by atoms with E-state index in [1.54, 1.807) is 0 Å². The molecule has 1 aliphatic heterocycles. The summed E-state index contributed by atoms with van der Waals surface area (Å²) in [7, 11) is 0. The lowest BCUT2D eigenvalue weighted by Gasteiger charge is -2.19. The smallest absolute Gasteiger partial charge is 0.312 e. The molecule has 0 bridgehead atoms. The molecule has 0 unspecified atom stereocenters. The van der Waals surface area contributed by atoms with Gasteiger partial charge in [-0.2, -0.15) is 0 Å². The molecule has 0 aliphatic carbocycles. The van der Waals surface area contributed by atoms with Gasteiger partial charge in [-0.3, -0.25) is 4.79 Å². The van der Waals surface area contributed by atoms with Crippen molar-refractivity contribution in [2.45, 2.75) is 51.6 Å². The van der Waals surface area contributed by atoms with Crippen molar-refractivity contribution in [3.05, 3.63) is 0 Å². The van der Waals surface area contributed by atoms with Gasteiger partial charge >= 0.3 is 5.97 Å². The number of ether oxygens (including phenoxy) is 1. The van der Waals surface area contributed by atoms with Gasteiger partial charge in [-0.25, -0.2) is 0 Å². The standard InChI is InChI=1S/C13H24O4/c1-2-3-4-5-6-7-11(15)12-10(8-14)9-17-13(12)16/h10-12,14-15H,2-9H2,1H3/t10-,11+,12-/m1/s1. The van der Waals surface area contributed by atoms with E-state index in [-0.39, 0.29) is 25.1 Å². The number of aliphatic hydroxyl groups is 2. The summed E-state index contributed by atoms with van der Waals surface area (Å²) >= 11 is 0. The zero-order valence-corrected chi connectivity index (χ0v) is 10.6. The Morgan fingerprint density at radius 2 is 2.06 bits per heavy atom. The van der Waals surface area contributed by atoms with Gasteiger partial charge in [0.2, 0.25) is 0 Å². The number of hydrogen-bond acceptors (Lipinski definition) is 4. The number of hydrogen-bond donors (Lipinski definition) is 2. The van der Waals surface area contributed by atoms with Crippen LogP contribution in [0, 0.1) is 11.8 Å². The first-order valence-electron chi connectivity index (χ1n) is 6.66. The highest BCUT2D eigenvalue weighted by Gasteiger charge is 2.40. The summed E-state index contributed by atoms with van der Waals surface area (Å²) in [4.78, 5) is 11.4. The van der Waals surface area contributed by atoms with E-state index in [9.17, 15) is 9.90 Å². The number of carbonyl (C=O) groups is 1. The number of rotatable bonds is 8. The average molecular weight is 244 g/mol. The van der Waals surface area contributed by atoms with Crippen LogP contribution in [0.4, 0.5) is 0 Å². The van der Waals surface area contributed by atoms with Crippen molar-refractivity contribution in [1.82, 2.24) is 0 Å². The summed E-state index contributed by atoms with van der Waals surface area (Å²) in [5.74, 6) is -1.11. The summed E-state index contributed by atoms with van der Waals surface area (Å²) in [6.45, 7) is 2.31. The highest BCUT2D eigenvalue weighted by Crippen LogP contribution is 2.27. The molecule has 3 atom stereocenters. The highest BCUT2D eigenvalue weighted by molar-refractivity contribution is 5.75. The van der Waals surface area contributed by atoms with Gasteiger partial charge in [0.15, 0.2) is 0 Å². The summed E-state index contributed by atoms with van der Waals surface area (Å²) in [5.41, 5.74) is 0. The van der Waals surface area contributed by atoms with Crippen LogP contribution in [0.3, 0.4) is 0 Å². The largest absolute Gasteiger partial charge is 0.465 e. The van der Waals surface area contributed by atoms with Crippen molar-refractivity contribution >= 4 is 5.97 Å². The molecule has 2 N–H and O–H groups in total. The maximum Gasteiger partial charge on any atom is 0.312 e. The van der Waals surface area contributed by atoms with E-state index in [2.05, 4.69) is 6.92 Å². The first-order valence-corrected chi connectivity index (χ1v) is 6.66. The highest BCUT2D eigenvalue weighted by atomic mass is 16.5. The van der Waals surface area contributed by atoms with Gasteiger partial charge in [0.05, 0.1) is 25.2 Å². The fourth-order valence-corrected chi connectivity index (χ4v) is 2.36. The number of esters is 1. The van der Waals surface area contributed by atoms with Crippen LogP contribution in [-0.2, 0) is 9.53 Å². The van der Waals surface area contributed by atoms with Gasteiger partial charge in [-0.05, 0) is 6.42 Å². The predicted octanol–water partition coefficient (Wildman–Crippen LogP) is 1.49. The third kappa shape index (κ3) is 4.28. The molecule has 0 aromatic carbocycles. The van der Waals surface area contributed by atoms with Crippen molar-refractivity contribution in [2.75, 3.05) is 13.2 Å². The molecule has 1 fully saturated rings. The second-order valence-corrected chi connectivity index (χ2v) is 4.87. The molecule has 0 aromatic rings. The Balaban J connectivity index is 2.25. The van der Waals surface area contributed by atoms with E-state index in [0.29, 0.717) is 6.42 Å². The second kappa shape index (κ2) is 7.67. The minimum Gasteiger partial charge on any atom is -0.465 e. The lowest BCUT2D eigenvalue weighted by Crippen LogP contribution is -2.31. The molecule has 0 aromatic heterocycles. The molecule has 0 radical (unpaired) electrons. The van der Waals surface area contributed by atoms with E-state index >= 15 is 0 Å². The van der Waals surface area contributed by atoms with Gasteiger partial charge in [0.1, 0.15) is 0 Å². The third-order valence-electron chi connectivity index (χ3n) is 3.47. The Hall–Kier alpha value is -0.610. The quantitative estimate of drug-likeness (QED) is 0.501. The molecule has 1 rings (SSSR count). The fraction of sp³-hybridized carbons (Fsp3) is 0.923. The molecular formula is C13H24O4. The summed E-state index contributed by atoms with van der Waals surface area (Å²) < 4.78 is 4.88. The topological polar surface area (TPSA) is 66.8 Å². The minimum absolute atomic E-state index is 0.0939. The maximum atomic E-state index is 11.4. The van der Waals surface area contributed by atoms with Crippen LogP contribution in [0.1, 0.15) is 45.4 Å². The van der Waals surface area contributed by atoms with E-state index in [4.69, 9.17) is 9.84 Å². The van der Waals surface area contributed by atoms with Crippen LogP contribution >= 0.6 is 0 Å². The molecular weight excluding hydrogens is 220 g/mol. The van der Waals surface area contributed by atoms with Crippen LogP contribution in [0.25, 0.3) is 0 Å². The van der Waals surface area contributed by atoms with Crippen molar-refractivity contribution in [3.63, 3.8) is 0 Å². The maximum absolute atomic E-state index is 11.4. The molecule has 1 saturated heterocycles. The molecule has 0 saturated carbocycles. The Bertz CT molecular complexity index is 229. The second-order valence-electron chi connectivity index (χ2n) is 4.87. The fourth-order valence-electron chi connectivity index (χ4n) is 2.36. The number of aliphatic hydroxyl groups excluding tert-OH is 2. The van der Waals surface area contributed by atoms with Gasteiger partial charge < -0.3 is 14.9 Å². The first kappa shape index (κ1) is 14.5. The van der Waals surface area contributed by atoms with Gasteiger partial charge in [0.25, 0.3) is 0 Å². The molecule has 17 heavy (non-hydrogen) atoms. The van der Waals surface area contributed by atoms with Crippen LogP contribution in [0.15, 0.2) is 0 Å². The first-order chi connectivity index (χ1) is 8.20. The minimum atomic E-state index is -0.663. The SMILES string of the molecule is CCCCCCC[C@H](O)[C@@H]1C(=O)OC[C@H]1CO. The molecule has 4 nitrogen and oxygen atoms in total. The Morgan fingerprint density at radius 1 is 1.35 bits per heavy atom. The normalized spacial score (nSPS) is 25.9. The van der Waals surface area contributed by atoms with Gasteiger partial charge in [-0.1, -0.05) is 39.0 Å². The molecule has 1 aliphatic rings. The van der Waals surface area contributed by atoms with Crippen molar-refractivity contribution in [3.8, 4) is 0 Å². The van der Waals surface area contributed by atoms with Gasteiger partial charge in [-0.15, -0.1) is 0 Å². The summed E-state index contributed by atoms with van der Waals surface area (Å²) in [6, 6.07) is 0. The molecule has 1 heterocycles. The van der Waals surface area contributed by atoms with Crippen LogP contribution < -0.4 is 0 Å². The predicted molar refractivity (Wildman–Crippen MR) is 64.4 cm³/mol. The zero-order valence-electron chi connectivity index (χ0n) is 10.6. The van der Waals surface area contributed by atoms with E-state index in [1.165, 1.54) is 19.3 Å². The lowest BCUT2D eigenvalue weighted by molar-refractivity contribution is -0.144. The molecule has 0 spiro atoms. The average Bonchev–Trinajstić information content (AvgIpc) is 2.70. The van der Waals surface area contributed by atoms with Crippen molar-refractivity contribution in [1.29, 1.82) is 0 Å².